The minimum atomic E-state index is -0.306. The zero-order valence-corrected chi connectivity index (χ0v) is 10.9. The molecule has 1 unspecified atom stereocenters. The first-order chi connectivity index (χ1) is 8.00. The van der Waals surface area contributed by atoms with E-state index in [1.807, 2.05) is 0 Å². The summed E-state index contributed by atoms with van der Waals surface area (Å²) in [5.74, 6) is 0.755. The van der Waals surface area contributed by atoms with Crippen molar-refractivity contribution in [1.29, 1.82) is 0 Å². The van der Waals surface area contributed by atoms with Gasteiger partial charge in [-0.05, 0) is 38.5 Å². The third-order valence-corrected chi connectivity index (χ3v) is 4.20. The monoisotopic (exact) mass is 240 g/mol. The van der Waals surface area contributed by atoms with Crippen molar-refractivity contribution in [1.82, 2.24) is 5.32 Å². The summed E-state index contributed by atoms with van der Waals surface area (Å²) >= 11 is 0. The molecule has 4 nitrogen and oxygen atoms in total. The van der Waals surface area contributed by atoms with Gasteiger partial charge in [-0.3, -0.25) is 4.79 Å². The van der Waals surface area contributed by atoms with Crippen molar-refractivity contribution in [2.45, 2.75) is 45.1 Å². The Balaban J connectivity index is 1.96. The molecule has 0 aromatic rings. The number of amides is 1. The maximum absolute atomic E-state index is 12.4. The van der Waals surface area contributed by atoms with Crippen LogP contribution in [-0.4, -0.2) is 31.2 Å². The predicted octanol–water partition coefficient (Wildman–Crippen LogP) is 1.05. The Morgan fingerprint density at radius 1 is 1.53 bits per heavy atom. The molecule has 1 aliphatic carbocycles. The molecule has 17 heavy (non-hydrogen) atoms. The lowest BCUT2D eigenvalue weighted by Gasteiger charge is -2.46. The van der Waals surface area contributed by atoms with E-state index in [0.29, 0.717) is 19.1 Å². The van der Waals surface area contributed by atoms with Gasteiger partial charge < -0.3 is 15.8 Å². The normalized spacial score (nSPS) is 41.7. The number of nitrogens with one attached hydrogen (secondary N) is 1. The zero-order chi connectivity index (χ0) is 12.5. The minimum Gasteiger partial charge on any atom is -0.379 e. The van der Waals surface area contributed by atoms with Gasteiger partial charge >= 0.3 is 0 Å². The molecule has 0 aromatic carbocycles. The van der Waals surface area contributed by atoms with Gasteiger partial charge in [0.1, 0.15) is 0 Å². The summed E-state index contributed by atoms with van der Waals surface area (Å²) in [6, 6.07) is 0. The maximum Gasteiger partial charge on any atom is 0.228 e. The highest BCUT2D eigenvalue weighted by molar-refractivity contribution is 5.84. The largest absolute Gasteiger partial charge is 0.379 e. The van der Waals surface area contributed by atoms with Crippen molar-refractivity contribution >= 4 is 5.91 Å². The molecule has 4 heteroatoms. The van der Waals surface area contributed by atoms with Crippen LogP contribution in [-0.2, 0) is 9.53 Å². The van der Waals surface area contributed by atoms with Crippen molar-refractivity contribution in [2.75, 3.05) is 19.8 Å². The lowest BCUT2D eigenvalue weighted by atomic mass is 9.62. The van der Waals surface area contributed by atoms with Gasteiger partial charge in [-0.1, -0.05) is 6.92 Å². The molecule has 1 amide bonds. The molecule has 1 atom stereocenters. The highest BCUT2D eigenvalue weighted by Crippen LogP contribution is 2.45. The molecule has 1 saturated carbocycles. The average Bonchev–Trinajstić information content (AvgIpc) is 2.24. The number of hydrogen-bond donors (Lipinski definition) is 2. The number of hydrogen-bond acceptors (Lipinski definition) is 3. The lowest BCUT2D eigenvalue weighted by molar-refractivity contribution is -0.141. The van der Waals surface area contributed by atoms with Gasteiger partial charge in [0.05, 0.1) is 17.6 Å². The van der Waals surface area contributed by atoms with Gasteiger partial charge in [0.25, 0.3) is 0 Å². The number of nitrogens with two attached hydrogens (primary N) is 1. The summed E-state index contributed by atoms with van der Waals surface area (Å²) in [6.45, 7) is 6.13. The Kier molecular flexibility index (Phi) is 3.46. The second-order valence-corrected chi connectivity index (χ2v) is 6.17. The van der Waals surface area contributed by atoms with Crippen LogP contribution < -0.4 is 11.1 Å². The second-order valence-electron chi connectivity index (χ2n) is 6.17. The molecule has 0 aromatic heterocycles. The predicted molar refractivity (Wildman–Crippen MR) is 66.5 cm³/mol. The summed E-state index contributed by atoms with van der Waals surface area (Å²) in [4.78, 5) is 12.4. The second kappa shape index (κ2) is 4.58. The zero-order valence-electron chi connectivity index (χ0n) is 10.9. The summed E-state index contributed by atoms with van der Waals surface area (Å²) in [5.41, 5.74) is 5.28. The molecule has 2 rings (SSSR count). The Morgan fingerprint density at radius 3 is 2.71 bits per heavy atom. The molecular formula is C13H24N2O2. The first-order valence-corrected chi connectivity index (χ1v) is 6.60. The molecule has 1 heterocycles. The van der Waals surface area contributed by atoms with E-state index in [0.717, 1.165) is 32.3 Å². The fraction of sp³-hybridized carbons (Fsp3) is 0.923. The fourth-order valence-electron chi connectivity index (χ4n) is 3.16. The fourth-order valence-corrected chi connectivity index (χ4v) is 3.16. The molecular weight excluding hydrogens is 216 g/mol. The summed E-state index contributed by atoms with van der Waals surface area (Å²) in [6.07, 6.45) is 3.86. The first-order valence-electron chi connectivity index (χ1n) is 6.60. The van der Waals surface area contributed by atoms with Crippen LogP contribution in [0.2, 0.25) is 0 Å². The summed E-state index contributed by atoms with van der Waals surface area (Å²) < 4.78 is 5.46. The summed E-state index contributed by atoms with van der Waals surface area (Å²) in [5, 5.41) is 3.17. The SMILES string of the molecule is CC1CC(CN)(C(=O)NC2(C)CCCOC2)C1. The van der Waals surface area contributed by atoms with Crippen LogP contribution in [0.5, 0.6) is 0 Å². The topological polar surface area (TPSA) is 64.4 Å². The van der Waals surface area contributed by atoms with Gasteiger partial charge in [0, 0.05) is 13.2 Å². The van der Waals surface area contributed by atoms with Gasteiger partial charge in [-0.25, -0.2) is 0 Å². The number of carbonyl (C=O) groups excluding carboxylic acids is 1. The van der Waals surface area contributed by atoms with E-state index < -0.39 is 0 Å². The number of ether oxygens (including phenoxy) is 1. The van der Waals surface area contributed by atoms with E-state index in [1.54, 1.807) is 0 Å². The molecule has 98 valence electrons. The van der Waals surface area contributed by atoms with E-state index in [4.69, 9.17) is 10.5 Å². The van der Waals surface area contributed by atoms with Gasteiger partial charge in [-0.2, -0.15) is 0 Å². The third kappa shape index (κ3) is 2.47. The van der Waals surface area contributed by atoms with Crippen LogP contribution in [0.4, 0.5) is 0 Å². The van der Waals surface area contributed by atoms with Crippen molar-refractivity contribution in [2.24, 2.45) is 17.1 Å². The molecule has 1 aliphatic heterocycles. The Bertz CT molecular complexity index is 292. The van der Waals surface area contributed by atoms with Crippen LogP contribution in [0.15, 0.2) is 0 Å². The first kappa shape index (κ1) is 12.8. The Morgan fingerprint density at radius 2 is 2.24 bits per heavy atom. The van der Waals surface area contributed by atoms with Crippen molar-refractivity contribution in [3.05, 3.63) is 0 Å². The van der Waals surface area contributed by atoms with Crippen LogP contribution in [0.1, 0.15) is 39.5 Å². The van der Waals surface area contributed by atoms with Crippen molar-refractivity contribution < 1.29 is 9.53 Å². The average molecular weight is 240 g/mol. The molecule has 0 bridgehead atoms. The smallest absolute Gasteiger partial charge is 0.228 e. The van der Waals surface area contributed by atoms with Gasteiger partial charge in [0.2, 0.25) is 5.91 Å². The van der Waals surface area contributed by atoms with Gasteiger partial charge in [0.15, 0.2) is 0 Å². The Hall–Kier alpha value is -0.610. The molecule has 0 spiro atoms. The third-order valence-electron chi connectivity index (χ3n) is 4.20. The van der Waals surface area contributed by atoms with Gasteiger partial charge in [-0.15, -0.1) is 0 Å². The van der Waals surface area contributed by atoms with E-state index >= 15 is 0 Å². The minimum absolute atomic E-state index is 0.131. The van der Waals surface area contributed by atoms with E-state index in [1.165, 1.54) is 0 Å². The van der Waals surface area contributed by atoms with E-state index in [-0.39, 0.29) is 16.9 Å². The highest BCUT2D eigenvalue weighted by atomic mass is 16.5. The number of carbonyl (C=O) groups is 1. The van der Waals surface area contributed by atoms with Crippen LogP contribution in [0, 0.1) is 11.3 Å². The molecule has 1 saturated heterocycles. The molecule has 0 radical (unpaired) electrons. The molecule has 2 aliphatic rings. The van der Waals surface area contributed by atoms with E-state index in [9.17, 15) is 4.79 Å². The Labute approximate surface area is 103 Å². The lowest BCUT2D eigenvalue weighted by Crippen LogP contribution is -2.60. The maximum atomic E-state index is 12.4. The van der Waals surface area contributed by atoms with Crippen LogP contribution in [0.25, 0.3) is 0 Å². The standard InChI is InChI=1S/C13H24N2O2/c1-10-6-13(7-10,8-14)11(16)15-12(2)4-3-5-17-9-12/h10H,3-9,14H2,1-2H3,(H,15,16). The van der Waals surface area contributed by atoms with E-state index in [2.05, 4.69) is 19.2 Å². The van der Waals surface area contributed by atoms with Crippen molar-refractivity contribution in [3.8, 4) is 0 Å². The molecule has 3 N–H and O–H groups in total. The van der Waals surface area contributed by atoms with Crippen LogP contribution >= 0.6 is 0 Å². The molecule has 2 fully saturated rings. The van der Waals surface area contributed by atoms with Crippen molar-refractivity contribution in [3.63, 3.8) is 0 Å². The number of rotatable bonds is 3. The highest BCUT2D eigenvalue weighted by Gasteiger charge is 2.48. The van der Waals surface area contributed by atoms with Crippen LogP contribution in [0.3, 0.4) is 0 Å². The quantitative estimate of drug-likeness (QED) is 0.775. The summed E-state index contributed by atoms with van der Waals surface area (Å²) in [7, 11) is 0.